The molecule has 1 amide bonds. The molecule has 12 heteroatoms. The van der Waals surface area contributed by atoms with E-state index >= 15 is 0 Å². The van der Waals surface area contributed by atoms with E-state index in [1.807, 2.05) is 0 Å². The first-order valence-corrected chi connectivity index (χ1v) is 11.8. The van der Waals surface area contributed by atoms with E-state index in [4.69, 9.17) is 43.1 Å². The second-order valence-corrected chi connectivity index (χ2v) is 8.65. The lowest BCUT2D eigenvalue weighted by molar-refractivity contribution is 0.0517. The summed E-state index contributed by atoms with van der Waals surface area (Å²) in [6.45, 7) is 5.03. The summed E-state index contributed by atoms with van der Waals surface area (Å²) in [4.78, 5) is 38.6. The SMILES string of the molecule is CCOC(=O)c1nc(Cl)ncc1CC1CCOC1.NC(=O)c1nc(Cl)ncc1CC1CCOC1. The van der Waals surface area contributed by atoms with Gasteiger partial charge in [0.2, 0.25) is 10.6 Å². The highest BCUT2D eigenvalue weighted by molar-refractivity contribution is 6.28. The molecule has 184 valence electrons. The summed E-state index contributed by atoms with van der Waals surface area (Å²) in [5.74, 6) is -0.209. The Kier molecular flexibility index (Phi) is 9.94. The van der Waals surface area contributed by atoms with E-state index < -0.39 is 11.9 Å². The molecule has 0 aliphatic carbocycles. The van der Waals surface area contributed by atoms with Crippen LogP contribution in [0.15, 0.2) is 12.4 Å². The lowest BCUT2D eigenvalue weighted by atomic mass is 9.98. The highest BCUT2D eigenvalue weighted by Gasteiger charge is 2.22. The fourth-order valence-electron chi connectivity index (χ4n) is 3.77. The maximum absolute atomic E-state index is 11.8. The third-order valence-electron chi connectivity index (χ3n) is 5.44. The maximum Gasteiger partial charge on any atom is 0.357 e. The van der Waals surface area contributed by atoms with Gasteiger partial charge in [0.25, 0.3) is 5.91 Å². The molecule has 2 N–H and O–H groups in total. The van der Waals surface area contributed by atoms with Crippen molar-refractivity contribution in [2.75, 3.05) is 33.0 Å². The standard InChI is InChI=1S/C12H15ClN2O3.C10H12ClN3O2/c1-2-18-11(16)10-9(6-14-12(13)15-10)5-8-3-4-17-7-8;11-10-13-4-7(8(14-10)9(12)15)3-6-1-2-16-5-6/h6,8H,2-5,7H2,1H3;4,6H,1-3,5H2,(H2,12,15). The first-order valence-electron chi connectivity index (χ1n) is 11.0. The van der Waals surface area contributed by atoms with Gasteiger partial charge in [-0.25, -0.2) is 24.7 Å². The molecule has 0 bridgehead atoms. The molecule has 0 spiro atoms. The Morgan fingerprint density at radius 1 is 0.971 bits per heavy atom. The van der Waals surface area contributed by atoms with E-state index in [2.05, 4.69) is 19.9 Å². The van der Waals surface area contributed by atoms with Crippen LogP contribution >= 0.6 is 23.2 Å². The van der Waals surface area contributed by atoms with Gasteiger partial charge in [-0.1, -0.05) is 0 Å². The van der Waals surface area contributed by atoms with Crippen molar-refractivity contribution in [3.05, 3.63) is 45.5 Å². The van der Waals surface area contributed by atoms with E-state index in [0.717, 1.165) is 37.2 Å². The minimum Gasteiger partial charge on any atom is -0.461 e. The van der Waals surface area contributed by atoms with Gasteiger partial charge in [0.05, 0.1) is 6.61 Å². The quantitative estimate of drug-likeness (QED) is 0.438. The second-order valence-electron chi connectivity index (χ2n) is 7.98. The molecule has 2 aromatic heterocycles. The third-order valence-corrected chi connectivity index (χ3v) is 5.80. The van der Waals surface area contributed by atoms with Gasteiger partial charge >= 0.3 is 5.97 Å². The van der Waals surface area contributed by atoms with E-state index in [1.165, 1.54) is 0 Å². The zero-order chi connectivity index (χ0) is 24.5. The molecule has 4 heterocycles. The normalized spacial score (nSPS) is 19.4. The first-order chi connectivity index (χ1) is 16.4. The molecule has 2 fully saturated rings. The lowest BCUT2D eigenvalue weighted by Crippen LogP contribution is -2.18. The van der Waals surface area contributed by atoms with Crippen LogP contribution in [0.25, 0.3) is 0 Å². The van der Waals surface area contributed by atoms with E-state index in [0.29, 0.717) is 44.5 Å². The molecule has 2 aliphatic heterocycles. The number of carbonyl (C=O) groups is 2. The molecule has 0 saturated carbocycles. The zero-order valence-corrected chi connectivity index (χ0v) is 20.3. The van der Waals surface area contributed by atoms with Crippen molar-refractivity contribution < 1.29 is 23.8 Å². The topological polar surface area (TPSA) is 139 Å². The largest absolute Gasteiger partial charge is 0.461 e. The van der Waals surface area contributed by atoms with Crippen molar-refractivity contribution >= 4 is 35.1 Å². The highest BCUT2D eigenvalue weighted by atomic mass is 35.5. The number of nitrogens with two attached hydrogens (primary N) is 1. The molecule has 2 unspecified atom stereocenters. The zero-order valence-electron chi connectivity index (χ0n) is 18.8. The summed E-state index contributed by atoms with van der Waals surface area (Å²) in [6, 6.07) is 0. The lowest BCUT2D eigenvalue weighted by Gasteiger charge is -2.10. The van der Waals surface area contributed by atoms with Crippen LogP contribution in [0.3, 0.4) is 0 Å². The summed E-state index contributed by atoms with van der Waals surface area (Å²) < 4.78 is 15.6. The highest BCUT2D eigenvalue weighted by Crippen LogP contribution is 2.21. The van der Waals surface area contributed by atoms with Crippen LogP contribution in [-0.2, 0) is 27.1 Å². The number of rotatable bonds is 7. The number of esters is 1. The molecule has 2 atom stereocenters. The number of halogens is 2. The molecule has 4 rings (SSSR count). The summed E-state index contributed by atoms with van der Waals surface area (Å²) >= 11 is 11.3. The average molecular weight is 512 g/mol. The number of carbonyl (C=O) groups excluding carboxylic acids is 2. The fourth-order valence-corrected chi connectivity index (χ4v) is 4.04. The number of hydrogen-bond donors (Lipinski definition) is 1. The minimum atomic E-state index is -0.571. The van der Waals surface area contributed by atoms with Gasteiger partial charge in [-0.3, -0.25) is 4.79 Å². The van der Waals surface area contributed by atoms with Crippen LogP contribution in [0, 0.1) is 11.8 Å². The summed E-state index contributed by atoms with van der Waals surface area (Å²) in [5, 5.41) is 0.102. The summed E-state index contributed by atoms with van der Waals surface area (Å²) in [7, 11) is 0. The Hall–Kier alpha value is -2.40. The van der Waals surface area contributed by atoms with Crippen LogP contribution in [0.2, 0.25) is 10.6 Å². The van der Waals surface area contributed by atoms with Gasteiger partial charge in [0.15, 0.2) is 5.69 Å². The van der Waals surface area contributed by atoms with Crippen LogP contribution in [0.4, 0.5) is 0 Å². The molecular weight excluding hydrogens is 485 g/mol. The van der Waals surface area contributed by atoms with E-state index in [-0.39, 0.29) is 22.0 Å². The average Bonchev–Trinajstić information content (AvgIpc) is 3.51. The molecule has 2 aliphatic rings. The Labute approximate surface area is 207 Å². The van der Waals surface area contributed by atoms with Gasteiger partial charge in [0.1, 0.15) is 5.69 Å². The predicted octanol–water partition coefficient (Wildman–Crippen LogP) is 2.69. The van der Waals surface area contributed by atoms with Crippen molar-refractivity contribution in [3.8, 4) is 0 Å². The van der Waals surface area contributed by atoms with Gasteiger partial charge in [0, 0.05) is 49.9 Å². The maximum atomic E-state index is 11.8. The molecule has 2 saturated heterocycles. The number of ether oxygens (including phenoxy) is 3. The van der Waals surface area contributed by atoms with Crippen molar-refractivity contribution in [2.24, 2.45) is 17.6 Å². The van der Waals surface area contributed by atoms with Crippen molar-refractivity contribution in [1.82, 2.24) is 19.9 Å². The Balaban J connectivity index is 0.000000192. The summed E-state index contributed by atoms with van der Waals surface area (Å²) in [6.07, 6.45) is 6.56. The molecule has 10 nitrogen and oxygen atoms in total. The fraction of sp³-hybridized carbons (Fsp3) is 0.545. The van der Waals surface area contributed by atoms with Gasteiger partial charge < -0.3 is 19.9 Å². The van der Waals surface area contributed by atoms with Crippen LogP contribution < -0.4 is 5.73 Å². The molecule has 34 heavy (non-hydrogen) atoms. The molecular formula is C22H27Cl2N5O5. The van der Waals surface area contributed by atoms with Gasteiger partial charge in [-0.2, -0.15) is 0 Å². The molecule has 0 radical (unpaired) electrons. The Bertz CT molecular complexity index is 998. The predicted molar refractivity (Wildman–Crippen MR) is 124 cm³/mol. The second kappa shape index (κ2) is 12.9. The van der Waals surface area contributed by atoms with Crippen LogP contribution in [-0.4, -0.2) is 64.8 Å². The van der Waals surface area contributed by atoms with Crippen molar-refractivity contribution in [1.29, 1.82) is 0 Å². The van der Waals surface area contributed by atoms with Crippen LogP contribution in [0.5, 0.6) is 0 Å². The first kappa shape index (κ1) is 26.2. The number of nitrogens with zero attached hydrogens (tertiary/aromatic N) is 4. The van der Waals surface area contributed by atoms with Crippen molar-refractivity contribution in [2.45, 2.75) is 32.6 Å². The van der Waals surface area contributed by atoms with Crippen LogP contribution in [0.1, 0.15) is 51.9 Å². The third kappa shape index (κ3) is 7.56. The Morgan fingerprint density at radius 2 is 1.47 bits per heavy atom. The molecule has 0 aromatic carbocycles. The number of aromatic nitrogens is 4. The minimum absolute atomic E-state index is 0.0419. The summed E-state index contributed by atoms with van der Waals surface area (Å²) in [5.41, 5.74) is 7.24. The number of amides is 1. The number of hydrogen-bond acceptors (Lipinski definition) is 9. The van der Waals surface area contributed by atoms with Gasteiger partial charge in [-0.05, 0) is 67.6 Å². The van der Waals surface area contributed by atoms with Gasteiger partial charge in [-0.15, -0.1) is 0 Å². The monoisotopic (exact) mass is 511 g/mol. The van der Waals surface area contributed by atoms with E-state index in [9.17, 15) is 9.59 Å². The van der Waals surface area contributed by atoms with E-state index in [1.54, 1.807) is 19.3 Å². The molecule has 2 aromatic rings. The number of primary amides is 1. The van der Waals surface area contributed by atoms with Crippen molar-refractivity contribution in [3.63, 3.8) is 0 Å². The Morgan fingerprint density at radius 3 is 1.91 bits per heavy atom. The smallest absolute Gasteiger partial charge is 0.357 e.